The Morgan fingerprint density at radius 1 is 1.40 bits per heavy atom. The van der Waals surface area contributed by atoms with E-state index in [1.54, 1.807) is 6.07 Å². The minimum absolute atomic E-state index is 0.0962. The van der Waals surface area contributed by atoms with Crippen molar-refractivity contribution >= 4 is 0 Å². The highest BCUT2D eigenvalue weighted by Gasteiger charge is 2.33. The third-order valence-electron chi connectivity index (χ3n) is 2.51. The first-order valence-corrected chi connectivity index (χ1v) is 4.69. The van der Waals surface area contributed by atoms with Gasteiger partial charge in [-0.15, -0.1) is 0 Å². The summed E-state index contributed by atoms with van der Waals surface area (Å²) in [5.74, 6) is -0.403. The van der Waals surface area contributed by atoms with Crippen molar-refractivity contribution in [2.75, 3.05) is 7.05 Å². The molecule has 1 unspecified atom stereocenters. The lowest BCUT2D eigenvalue weighted by molar-refractivity contribution is 0.0451. The van der Waals surface area contributed by atoms with E-state index in [9.17, 15) is 13.2 Å². The van der Waals surface area contributed by atoms with E-state index < -0.39 is 17.8 Å². The van der Waals surface area contributed by atoms with Gasteiger partial charge in [-0.1, -0.05) is 12.1 Å². The highest BCUT2D eigenvalue weighted by Crippen LogP contribution is 2.20. The van der Waals surface area contributed by atoms with E-state index in [1.807, 2.05) is 0 Å². The zero-order chi connectivity index (χ0) is 11.5. The van der Waals surface area contributed by atoms with Gasteiger partial charge >= 0.3 is 0 Å². The molecule has 1 rings (SSSR count). The second-order valence-corrected chi connectivity index (χ2v) is 3.77. The maximum atomic E-state index is 12.8. The molecule has 0 bridgehead atoms. The highest BCUT2D eigenvalue weighted by atomic mass is 19.3. The van der Waals surface area contributed by atoms with Gasteiger partial charge in [0.1, 0.15) is 5.82 Å². The van der Waals surface area contributed by atoms with E-state index in [4.69, 9.17) is 0 Å². The minimum atomic E-state index is -2.49. The fraction of sp³-hybridized carbons (Fsp3) is 0.455. The molecule has 1 aromatic rings. The number of halogens is 3. The fourth-order valence-corrected chi connectivity index (χ4v) is 1.35. The summed E-state index contributed by atoms with van der Waals surface area (Å²) in [6, 6.07) is 5.73. The van der Waals surface area contributed by atoms with E-state index in [0.717, 1.165) is 0 Å². The lowest BCUT2D eigenvalue weighted by Gasteiger charge is -2.28. The molecule has 0 aliphatic heterocycles. The Kier molecular flexibility index (Phi) is 3.74. The maximum Gasteiger partial charge on any atom is 0.256 e. The van der Waals surface area contributed by atoms with Crippen LogP contribution in [0.1, 0.15) is 12.5 Å². The van der Waals surface area contributed by atoms with Crippen LogP contribution in [0, 0.1) is 5.82 Å². The lowest BCUT2D eigenvalue weighted by atomic mass is 9.93. The van der Waals surface area contributed by atoms with E-state index in [-0.39, 0.29) is 6.42 Å². The molecule has 15 heavy (non-hydrogen) atoms. The Morgan fingerprint density at radius 2 is 2.07 bits per heavy atom. The van der Waals surface area contributed by atoms with Gasteiger partial charge in [-0.25, -0.2) is 13.2 Å². The molecule has 0 saturated carbocycles. The van der Waals surface area contributed by atoms with Crippen molar-refractivity contribution in [3.05, 3.63) is 35.6 Å². The van der Waals surface area contributed by atoms with E-state index in [2.05, 4.69) is 5.32 Å². The fourth-order valence-electron chi connectivity index (χ4n) is 1.35. The number of likely N-dealkylation sites (N-methyl/N-ethyl adjacent to an activating group) is 1. The monoisotopic (exact) mass is 217 g/mol. The van der Waals surface area contributed by atoms with Crippen LogP contribution in [0.25, 0.3) is 0 Å². The van der Waals surface area contributed by atoms with Crippen LogP contribution in [0.3, 0.4) is 0 Å². The van der Waals surface area contributed by atoms with Gasteiger partial charge in [0.2, 0.25) is 0 Å². The van der Waals surface area contributed by atoms with E-state index in [1.165, 1.54) is 32.2 Å². The number of nitrogens with one attached hydrogen (secondary N) is 1. The Morgan fingerprint density at radius 3 is 2.53 bits per heavy atom. The number of hydrogen-bond acceptors (Lipinski definition) is 1. The molecule has 84 valence electrons. The molecule has 0 aliphatic carbocycles. The summed E-state index contributed by atoms with van der Waals surface area (Å²) in [5.41, 5.74) is -0.750. The quantitative estimate of drug-likeness (QED) is 0.817. The smallest absolute Gasteiger partial charge is 0.256 e. The predicted molar refractivity (Wildman–Crippen MR) is 53.6 cm³/mol. The molecule has 1 N–H and O–H groups in total. The van der Waals surface area contributed by atoms with Crippen LogP contribution in [-0.4, -0.2) is 19.0 Å². The third-order valence-corrected chi connectivity index (χ3v) is 2.51. The van der Waals surface area contributed by atoms with Crippen LogP contribution in [0.4, 0.5) is 13.2 Å². The Labute approximate surface area is 87.3 Å². The SMILES string of the molecule is CNC(C)(Cc1cccc(F)c1)C(F)F. The molecule has 0 fully saturated rings. The van der Waals surface area contributed by atoms with E-state index >= 15 is 0 Å². The standard InChI is InChI=1S/C11H14F3N/c1-11(15-2,10(13)14)7-8-4-3-5-9(12)6-8/h3-6,10,15H,7H2,1-2H3. The molecule has 0 heterocycles. The van der Waals surface area contributed by atoms with Gasteiger partial charge in [-0.2, -0.15) is 0 Å². The largest absolute Gasteiger partial charge is 0.309 e. The van der Waals surface area contributed by atoms with Crippen LogP contribution in [0.15, 0.2) is 24.3 Å². The summed E-state index contributed by atoms with van der Waals surface area (Å²) in [7, 11) is 1.48. The molecule has 0 saturated heterocycles. The van der Waals surface area contributed by atoms with Gasteiger partial charge < -0.3 is 5.32 Å². The number of benzene rings is 1. The summed E-state index contributed by atoms with van der Waals surface area (Å²) in [4.78, 5) is 0. The average Bonchev–Trinajstić information content (AvgIpc) is 2.17. The Balaban J connectivity index is 2.84. The minimum Gasteiger partial charge on any atom is -0.309 e. The average molecular weight is 217 g/mol. The zero-order valence-corrected chi connectivity index (χ0v) is 8.73. The van der Waals surface area contributed by atoms with Crippen LogP contribution in [-0.2, 0) is 6.42 Å². The Bertz CT molecular complexity index is 327. The third kappa shape index (κ3) is 2.96. The van der Waals surface area contributed by atoms with Gasteiger partial charge in [0, 0.05) is 0 Å². The first-order valence-electron chi connectivity index (χ1n) is 4.69. The lowest BCUT2D eigenvalue weighted by Crippen LogP contribution is -2.48. The zero-order valence-electron chi connectivity index (χ0n) is 8.73. The number of rotatable bonds is 4. The summed E-state index contributed by atoms with van der Waals surface area (Å²) in [6.07, 6.45) is -2.40. The summed E-state index contributed by atoms with van der Waals surface area (Å²) < 4.78 is 38.3. The molecule has 1 aromatic carbocycles. The normalized spacial score (nSPS) is 15.3. The molecular weight excluding hydrogens is 203 g/mol. The van der Waals surface area contributed by atoms with Crippen molar-refractivity contribution in [3.8, 4) is 0 Å². The van der Waals surface area contributed by atoms with Crippen LogP contribution in [0.5, 0.6) is 0 Å². The molecule has 0 amide bonds. The molecule has 0 aromatic heterocycles. The van der Waals surface area contributed by atoms with Crippen LogP contribution < -0.4 is 5.32 Å². The first-order chi connectivity index (χ1) is 6.98. The van der Waals surface area contributed by atoms with Gasteiger partial charge in [0.25, 0.3) is 6.43 Å². The molecule has 0 aliphatic rings. The molecule has 1 nitrogen and oxygen atoms in total. The van der Waals surface area contributed by atoms with Crippen molar-refractivity contribution in [2.24, 2.45) is 0 Å². The predicted octanol–water partition coefficient (Wildman–Crippen LogP) is 2.61. The molecule has 0 spiro atoms. The number of alkyl halides is 2. The van der Waals surface area contributed by atoms with Gasteiger partial charge in [-0.3, -0.25) is 0 Å². The van der Waals surface area contributed by atoms with E-state index in [0.29, 0.717) is 5.56 Å². The van der Waals surface area contributed by atoms with Gasteiger partial charge in [0.15, 0.2) is 0 Å². The molecule has 0 radical (unpaired) electrons. The topological polar surface area (TPSA) is 12.0 Å². The summed E-state index contributed by atoms with van der Waals surface area (Å²) >= 11 is 0. The number of hydrogen-bond donors (Lipinski definition) is 1. The second kappa shape index (κ2) is 4.66. The van der Waals surface area contributed by atoms with Crippen molar-refractivity contribution in [1.29, 1.82) is 0 Å². The van der Waals surface area contributed by atoms with Crippen LogP contribution >= 0.6 is 0 Å². The van der Waals surface area contributed by atoms with Crippen molar-refractivity contribution < 1.29 is 13.2 Å². The van der Waals surface area contributed by atoms with Crippen molar-refractivity contribution in [3.63, 3.8) is 0 Å². The Hall–Kier alpha value is -1.03. The summed E-state index contributed by atoms with van der Waals surface area (Å²) in [5, 5.41) is 2.57. The molecule has 1 atom stereocenters. The summed E-state index contributed by atoms with van der Waals surface area (Å²) in [6.45, 7) is 1.42. The van der Waals surface area contributed by atoms with Crippen molar-refractivity contribution in [1.82, 2.24) is 5.32 Å². The van der Waals surface area contributed by atoms with Gasteiger partial charge in [0.05, 0.1) is 5.54 Å². The van der Waals surface area contributed by atoms with Crippen molar-refractivity contribution in [2.45, 2.75) is 25.3 Å². The molecular formula is C11H14F3N. The highest BCUT2D eigenvalue weighted by molar-refractivity contribution is 5.19. The molecule has 4 heteroatoms. The van der Waals surface area contributed by atoms with Crippen LogP contribution in [0.2, 0.25) is 0 Å². The first kappa shape index (κ1) is 12.0. The van der Waals surface area contributed by atoms with Gasteiger partial charge in [-0.05, 0) is 38.1 Å². The second-order valence-electron chi connectivity index (χ2n) is 3.77. The maximum absolute atomic E-state index is 12.8.